The monoisotopic (exact) mass is 322 g/mol. The fraction of sp³-hybridized carbons (Fsp3) is 0.158. The molecule has 0 radical (unpaired) electrons. The Labute approximate surface area is 138 Å². The lowest BCUT2D eigenvalue weighted by molar-refractivity contribution is -0.117. The number of rotatable bonds is 4. The molecule has 1 fully saturated rings. The third kappa shape index (κ3) is 2.93. The highest BCUT2D eigenvalue weighted by Crippen LogP contribution is 2.48. The normalized spacial score (nSPS) is 19.0. The van der Waals surface area contributed by atoms with Gasteiger partial charge in [0, 0.05) is 17.2 Å². The van der Waals surface area contributed by atoms with Crippen molar-refractivity contribution in [3.05, 3.63) is 72.4 Å². The zero-order chi connectivity index (χ0) is 16.5. The minimum absolute atomic E-state index is 0.0474. The van der Waals surface area contributed by atoms with Crippen molar-refractivity contribution in [2.24, 2.45) is 5.92 Å². The highest BCUT2D eigenvalue weighted by atomic mass is 19.1. The van der Waals surface area contributed by atoms with Crippen LogP contribution in [0.4, 0.5) is 10.1 Å². The molecule has 5 heteroatoms. The van der Waals surface area contributed by atoms with Gasteiger partial charge in [-0.1, -0.05) is 18.2 Å². The Bertz CT molecular complexity index is 877. The van der Waals surface area contributed by atoms with Crippen LogP contribution in [0.2, 0.25) is 0 Å². The molecule has 1 heterocycles. The van der Waals surface area contributed by atoms with Gasteiger partial charge in [-0.25, -0.2) is 9.37 Å². The fourth-order valence-corrected chi connectivity index (χ4v) is 2.92. The van der Waals surface area contributed by atoms with Gasteiger partial charge in [0.05, 0.1) is 6.20 Å². The molecule has 1 amide bonds. The molecule has 1 aliphatic carbocycles. The van der Waals surface area contributed by atoms with Crippen LogP contribution in [0, 0.1) is 11.7 Å². The molecule has 0 spiro atoms. The second-order valence-corrected chi connectivity index (χ2v) is 5.91. The zero-order valence-corrected chi connectivity index (χ0v) is 12.8. The lowest BCUT2D eigenvalue weighted by atomic mass is 10.1. The summed E-state index contributed by atoms with van der Waals surface area (Å²) in [7, 11) is 0. The number of benzene rings is 2. The number of halogens is 1. The van der Waals surface area contributed by atoms with Crippen molar-refractivity contribution in [1.29, 1.82) is 0 Å². The van der Waals surface area contributed by atoms with E-state index in [1.54, 1.807) is 12.3 Å². The van der Waals surface area contributed by atoms with Crippen LogP contribution in [0.1, 0.15) is 17.9 Å². The summed E-state index contributed by atoms with van der Waals surface area (Å²) in [6.45, 7) is 0. The van der Waals surface area contributed by atoms with Crippen LogP contribution >= 0.6 is 0 Å². The summed E-state index contributed by atoms with van der Waals surface area (Å²) < 4.78 is 18.6. The summed E-state index contributed by atoms with van der Waals surface area (Å²) in [6.07, 6.45) is 3.83. The lowest BCUT2D eigenvalue weighted by Crippen LogP contribution is -2.14. The van der Waals surface area contributed by atoms with Crippen molar-refractivity contribution in [2.45, 2.75) is 12.3 Å². The summed E-state index contributed by atoms with van der Waals surface area (Å²) in [5.41, 5.74) is 2.37. The molecule has 4 rings (SSSR count). The Morgan fingerprint density at radius 1 is 1.21 bits per heavy atom. The molecule has 120 valence electrons. The Morgan fingerprint density at radius 3 is 2.88 bits per heavy atom. The van der Waals surface area contributed by atoms with E-state index in [1.807, 2.05) is 30.3 Å². The van der Waals surface area contributed by atoms with Gasteiger partial charge < -0.3 is 9.73 Å². The van der Waals surface area contributed by atoms with Crippen molar-refractivity contribution < 1.29 is 13.6 Å². The number of carbonyl (C=O) groups is 1. The van der Waals surface area contributed by atoms with Gasteiger partial charge in [-0.05, 0) is 48.2 Å². The summed E-state index contributed by atoms with van der Waals surface area (Å²) in [6, 6.07) is 13.8. The van der Waals surface area contributed by atoms with Crippen molar-refractivity contribution in [2.75, 3.05) is 5.32 Å². The van der Waals surface area contributed by atoms with Crippen LogP contribution < -0.4 is 5.32 Å². The van der Waals surface area contributed by atoms with E-state index >= 15 is 0 Å². The predicted octanol–water partition coefficient (Wildman–Crippen LogP) is 4.22. The molecule has 1 aliphatic rings. The van der Waals surface area contributed by atoms with Crippen LogP contribution in [0.15, 0.2) is 65.4 Å². The van der Waals surface area contributed by atoms with E-state index in [1.165, 1.54) is 18.4 Å². The average Bonchev–Trinajstić information content (AvgIpc) is 3.21. The van der Waals surface area contributed by atoms with E-state index in [-0.39, 0.29) is 23.6 Å². The minimum atomic E-state index is -0.266. The molecule has 0 aliphatic heterocycles. The van der Waals surface area contributed by atoms with Crippen LogP contribution in [0.5, 0.6) is 0 Å². The summed E-state index contributed by atoms with van der Waals surface area (Å²) in [5, 5.41) is 2.92. The van der Waals surface area contributed by atoms with Gasteiger partial charge >= 0.3 is 0 Å². The number of carbonyl (C=O) groups excluding carboxylic acids is 1. The molecule has 2 aromatic carbocycles. The summed E-state index contributed by atoms with van der Waals surface area (Å²) >= 11 is 0. The Hall–Kier alpha value is -2.95. The van der Waals surface area contributed by atoms with E-state index in [4.69, 9.17) is 4.42 Å². The smallest absolute Gasteiger partial charge is 0.228 e. The molecule has 0 saturated heterocycles. The standard InChI is InChI=1S/C19H15FN2O2/c20-14-5-1-3-12(9-14)16-11-17(16)18(23)22-15-6-2-4-13(10-15)19-21-7-8-24-19/h1-10,16-17H,11H2,(H,22,23). The van der Waals surface area contributed by atoms with Crippen LogP contribution in [0.3, 0.4) is 0 Å². The van der Waals surface area contributed by atoms with Gasteiger partial charge in [0.1, 0.15) is 12.1 Å². The van der Waals surface area contributed by atoms with E-state index in [0.717, 1.165) is 17.5 Å². The molecule has 2 atom stereocenters. The molecule has 24 heavy (non-hydrogen) atoms. The first-order chi connectivity index (χ1) is 11.7. The second kappa shape index (κ2) is 5.92. The highest BCUT2D eigenvalue weighted by molar-refractivity contribution is 5.95. The van der Waals surface area contributed by atoms with Crippen LogP contribution in [0.25, 0.3) is 11.5 Å². The highest BCUT2D eigenvalue weighted by Gasteiger charge is 2.44. The number of oxazole rings is 1. The van der Waals surface area contributed by atoms with Gasteiger partial charge in [-0.15, -0.1) is 0 Å². The van der Waals surface area contributed by atoms with Crippen LogP contribution in [-0.2, 0) is 4.79 Å². The third-order valence-corrected chi connectivity index (χ3v) is 4.21. The number of aromatic nitrogens is 1. The number of hydrogen-bond donors (Lipinski definition) is 1. The maximum Gasteiger partial charge on any atom is 0.228 e. The molecule has 1 saturated carbocycles. The lowest BCUT2D eigenvalue weighted by Gasteiger charge is -2.06. The van der Waals surface area contributed by atoms with Crippen molar-refractivity contribution in [1.82, 2.24) is 4.98 Å². The fourth-order valence-electron chi connectivity index (χ4n) is 2.92. The molecule has 1 aromatic heterocycles. The minimum Gasteiger partial charge on any atom is -0.445 e. The number of nitrogens with one attached hydrogen (secondary N) is 1. The summed E-state index contributed by atoms with van der Waals surface area (Å²) in [5.74, 6) is 0.175. The van der Waals surface area contributed by atoms with Crippen molar-refractivity contribution >= 4 is 11.6 Å². The molecule has 3 aromatic rings. The largest absolute Gasteiger partial charge is 0.445 e. The first-order valence-electron chi connectivity index (χ1n) is 7.77. The number of hydrogen-bond acceptors (Lipinski definition) is 3. The van der Waals surface area contributed by atoms with E-state index < -0.39 is 0 Å². The molecule has 0 bridgehead atoms. The molecule has 1 N–H and O–H groups in total. The van der Waals surface area contributed by atoms with E-state index in [2.05, 4.69) is 10.3 Å². The van der Waals surface area contributed by atoms with E-state index in [9.17, 15) is 9.18 Å². The van der Waals surface area contributed by atoms with Crippen molar-refractivity contribution in [3.8, 4) is 11.5 Å². The quantitative estimate of drug-likeness (QED) is 0.782. The van der Waals surface area contributed by atoms with E-state index in [0.29, 0.717) is 11.6 Å². The first-order valence-corrected chi connectivity index (χ1v) is 7.77. The zero-order valence-electron chi connectivity index (χ0n) is 12.8. The molecular weight excluding hydrogens is 307 g/mol. The third-order valence-electron chi connectivity index (χ3n) is 4.21. The van der Waals surface area contributed by atoms with Gasteiger partial charge in [0.25, 0.3) is 0 Å². The first kappa shape index (κ1) is 14.6. The second-order valence-electron chi connectivity index (χ2n) is 5.91. The summed E-state index contributed by atoms with van der Waals surface area (Å²) in [4.78, 5) is 16.5. The maximum absolute atomic E-state index is 13.3. The number of amides is 1. The number of anilines is 1. The van der Waals surface area contributed by atoms with Crippen molar-refractivity contribution in [3.63, 3.8) is 0 Å². The SMILES string of the molecule is O=C(Nc1cccc(-c2ncco2)c1)C1CC1c1cccc(F)c1. The van der Waals surface area contributed by atoms with Gasteiger partial charge in [-0.3, -0.25) is 4.79 Å². The Morgan fingerprint density at radius 2 is 2.08 bits per heavy atom. The molecule has 4 nitrogen and oxygen atoms in total. The topological polar surface area (TPSA) is 55.1 Å². The number of nitrogens with zero attached hydrogens (tertiary/aromatic N) is 1. The molecular formula is C19H15FN2O2. The Kier molecular flexibility index (Phi) is 3.61. The Balaban J connectivity index is 1.45. The van der Waals surface area contributed by atoms with Gasteiger partial charge in [-0.2, -0.15) is 0 Å². The predicted molar refractivity (Wildman–Crippen MR) is 87.8 cm³/mol. The van der Waals surface area contributed by atoms with Gasteiger partial charge in [0.2, 0.25) is 11.8 Å². The molecule has 2 unspecified atom stereocenters. The average molecular weight is 322 g/mol. The van der Waals surface area contributed by atoms with Crippen LogP contribution in [-0.4, -0.2) is 10.9 Å². The maximum atomic E-state index is 13.3. The van der Waals surface area contributed by atoms with Gasteiger partial charge in [0.15, 0.2) is 0 Å².